The highest BCUT2D eigenvalue weighted by molar-refractivity contribution is 6.35. The van der Waals surface area contributed by atoms with Gasteiger partial charge in [0.05, 0.1) is 17.3 Å². The van der Waals surface area contributed by atoms with Crippen LogP contribution < -0.4 is 10.1 Å². The Morgan fingerprint density at radius 3 is 2.72 bits per heavy atom. The van der Waals surface area contributed by atoms with Crippen LogP contribution >= 0.6 is 23.2 Å². The summed E-state index contributed by atoms with van der Waals surface area (Å²) >= 11 is 12.0. The minimum absolute atomic E-state index is 0.143. The normalized spacial score (nSPS) is 11.9. The second-order valence-electron chi connectivity index (χ2n) is 6.76. The Morgan fingerprint density at radius 2 is 2.03 bits per heavy atom. The Hall–Kier alpha value is -2.50. The van der Waals surface area contributed by atoms with Gasteiger partial charge in [0.25, 0.3) is 5.91 Å². The molecule has 2 aromatic carbocycles. The maximum Gasteiger partial charge on any atom is 0.251 e. The van der Waals surface area contributed by atoms with Gasteiger partial charge in [0.15, 0.2) is 0 Å². The summed E-state index contributed by atoms with van der Waals surface area (Å²) < 4.78 is 7.68. The fourth-order valence-electron chi connectivity index (χ4n) is 3.12. The van der Waals surface area contributed by atoms with Crippen molar-refractivity contribution in [3.63, 3.8) is 0 Å². The van der Waals surface area contributed by atoms with Crippen molar-refractivity contribution >= 4 is 29.1 Å². The largest absolute Gasteiger partial charge is 0.487 e. The van der Waals surface area contributed by atoms with Gasteiger partial charge in [0.2, 0.25) is 0 Å². The highest BCUT2D eigenvalue weighted by Crippen LogP contribution is 2.28. The molecule has 29 heavy (non-hydrogen) atoms. The number of aromatic nitrogens is 2. The molecule has 1 atom stereocenters. The standard InChI is InChI=1S/C22H23Cl2N3O2/c1-4-27-15(3)19(12-25-27)14(2)26-22(28)17-7-5-6-16(10-17)13-29-21-9-8-18(23)11-20(21)24/h5-12,14H,4,13H2,1-3H3,(H,26,28). The van der Waals surface area contributed by atoms with Gasteiger partial charge >= 0.3 is 0 Å². The molecule has 0 saturated carbocycles. The molecule has 0 aliphatic rings. The van der Waals surface area contributed by atoms with Crippen LogP contribution in [0.4, 0.5) is 0 Å². The van der Waals surface area contributed by atoms with E-state index in [2.05, 4.69) is 10.4 Å². The summed E-state index contributed by atoms with van der Waals surface area (Å²) in [5, 5.41) is 8.38. The molecule has 1 N–H and O–H groups in total. The predicted molar refractivity (Wildman–Crippen MR) is 116 cm³/mol. The van der Waals surface area contributed by atoms with Gasteiger partial charge in [-0.15, -0.1) is 0 Å². The third-order valence-corrected chi connectivity index (χ3v) is 5.26. The van der Waals surface area contributed by atoms with E-state index in [1.165, 1.54) is 0 Å². The third-order valence-electron chi connectivity index (χ3n) is 4.73. The molecular weight excluding hydrogens is 409 g/mol. The molecule has 152 valence electrons. The topological polar surface area (TPSA) is 56.2 Å². The summed E-state index contributed by atoms with van der Waals surface area (Å²) in [7, 11) is 0. The molecule has 3 aromatic rings. The van der Waals surface area contributed by atoms with Gasteiger partial charge in [-0.3, -0.25) is 9.48 Å². The average Bonchev–Trinajstić information content (AvgIpc) is 3.08. The van der Waals surface area contributed by atoms with Crippen LogP contribution in [0.5, 0.6) is 5.75 Å². The molecule has 0 aliphatic heterocycles. The van der Waals surface area contributed by atoms with Gasteiger partial charge in [0, 0.05) is 28.4 Å². The molecule has 0 spiro atoms. The van der Waals surface area contributed by atoms with Gasteiger partial charge in [-0.2, -0.15) is 5.10 Å². The zero-order valence-electron chi connectivity index (χ0n) is 16.6. The number of benzene rings is 2. The van der Waals surface area contributed by atoms with Gasteiger partial charge in [-0.1, -0.05) is 35.3 Å². The molecule has 1 unspecified atom stereocenters. The predicted octanol–water partition coefficient (Wildman–Crippen LogP) is 5.59. The summed E-state index contributed by atoms with van der Waals surface area (Å²) in [6, 6.07) is 12.3. The molecule has 7 heteroatoms. The fraction of sp³-hybridized carbons (Fsp3) is 0.273. The zero-order chi connectivity index (χ0) is 21.0. The Morgan fingerprint density at radius 1 is 1.24 bits per heavy atom. The number of aryl methyl sites for hydroxylation is 1. The van der Waals surface area contributed by atoms with Gasteiger partial charge < -0.3 is 10.1 Å². The van der Waals surface area contributed by atoms with E-state index in [1.807, 2.05) is 49.8 Å². The van der Waals surface area contributed by atoms with E-state index in [1.54, 1.807) is 24.3 Å². The van der Waals surface area contributed by atoms with Crippen molar-refractivity contribution in [3.8, 4) is 5.75 Å². The molecule has 0 fully saturated rings. The lowest BCUT2D eigenvalue weighted by Gasteiger charge is -2.15. The number of nitrogens with zero attached hydrogens (tertiary/aromatic N) is 2. The van der Waals surface area contributed by atoms with E-state index in [4.69, 9.17) is 27.9 Å². The Labute approximate surface area is 180 Å². The number of hydrogen-bond donors (Lipinski definition) is 1. The van der Waals surface area contributed by atoms with Crippen LogP contribution in [-0.4, -0.2) is 15.7 Å². The number of carbonyl (C=O) groups excluding carboxylic acids is 1. The SMILES string of the molecule is CCn1ncc(C(C)NC(=O)c2cccc(COc3ccc(Cl)cc3Cl)c2)c1C. The first-order valence-corrected chi connectivity index (χ1v) is 10.1. The average molecular weight is 432 g/mol. The Balaban J connectivity index is 1.66. The van der Waals surface area contributed by atoms with Crippen LogP contribution in [0, 0.1) is 6.92 Å². The van der Waals surface area contributed by atoms with E-state index >= 15 is 0 Å². The molecule has 0 bridgehead atoms. The number of carbonyl (C=O) groups is 1. The Kier molecular flexibility index (Phi) is 6.83. The minimum atomic E-state index is -0.146. The van der Waals surface area contributed by atoms with Crippen LogP contribution in [0.15, 0.2) is 48.7 Å². The number of ether oxygens (including phenoxy) is 1. The van der Waals surface area contributed by atoms with Crippen molar-refractivity contribution in [3.05, 3.63) is 81.1 Å². The van der Waals surface area contributed by atoms with Gasteiger partial charge in [0.1, 0.15) is 12.4 Å². The maximum absolute atomic E-state index is 12.7. The Bertz CT molecular complexity index is 1020. The smallest absolute Gasteiger partial charge is 0.251 e. The van der Waals surface area contributed by atoms with Crippen molar-refractivity contribution in [2.24, 2.45) is 0 Å². The highest BCUT2D eigenvalue weighted by Gasteiger charge is 2.16. The summed E-state index contributed by atoms with van der Waals surface area (Å²) in [5.41, 5.74) is 3.51. The summed E-state index contributed by atoms with van der Waals surface area (Å²) in [4.78, 5) is 12.7. The number of halogens is 2. The van der Waals surface area contributed by atoms with Crippen molar-refractivity contribution < 1.29 is 9.53 Å². The van der Waals surface area contributed by atoms with E-state index in [0.29, 0.717) is 28.0 Å². The lowest BCUT2D eigenvalue weighted by Crippen LogP contribution is -2.27. The van der Waals surface area contributed by atoms with Crippen LogP contribution in [0.1, 0.15) is 47.1 Å². The highest BCUT2D eigenvalue weighted by atomic mass is 35.5. The maximum atomic E-state index is 12.7. The molecule has 3 rings (SSSR count). The molecule has 5 nitrogen and oxygen atoms in total. The lowest BCUT2D eigenvalue weighted by molar-refractivity contribution is 0.0939. The summed E-state index contributed by atoms with van der Waals surface area (Å²) in [6.07, 6.45) is 1.81. The minimum Gasteiger partial charge on any atom is -0.487 e. The third kappa shape index (κ3) is 5.11. The lowest BCUT2D eigenvalue weighted by atomic mass is 10.1. The van der Waals surface area contributed by atoms with E-state index in [-0.39, 0.29) is 11.9 Å². The summed E-state index contributed by atoms with van der Waals surface area (Å²) in [5.74, 6) is 0.399. The van der Waals surface area contributed by atoms with Crippen molar-refractivity contribution in [1.82, 2.24) is 15.1 Å². The quantitative estimate of drug-likeness (QED) is 0.530. The first-order chi connectivity index (χ1) is 13.9. The monoisotopic (exact) mass is 431 g/mol. The van der Waals surface area contributed by atoms with Crippen LogP contribution in [-0.2, 0) is 13.2 Å². The molecule has 1 heterocycles. The van der Waals surface area contributed by atoms with Crippen LogP contribution in [0.2, 0.25) is 10.0 Å². The second kappa shape index (κ2) is 9.33. The first kappa shape index (κ1) is 21.2. The number of amides is 1. The molecule has 0 saturated heterocycles. The van der Waals surface area contributed by atoms with Crippen molar-refractivity contribution in [2.75, 3.05) is 0 Å². The molecule has 1 amide bonds. The fourth-order valence-corrected chi connectivity index (χ4v) is 3.58. The summed E-state index contributed by atoms with van der Waals surface area (Å²) in [6.45, 7) is 7.09. The molecule has 0 radical (unpaired) electrons. The van der Waals surface area contributed by atoms with Gasteiger partial charge in [-0.05, 0) is 56.7 Å². The number of nitrogens with one attached hydrogen (secondary N) is 1. The van der Waals surface area contributed by atoms with Crippen LogP contribution in [0.25, 0.3) is 0 Å². The number of hydrogen-bond acceptors (Lipinski definition) is 3. The van der Waals surface area contributed by atoms with E-state index in [9.17, 15) is 4.79 Å². The number of rotatable bonds is 7. The van der Waals surface area contributed by atoms with Crippen LogP contribution in [0.3, 0.4) is 0 Å². The van der Waals surface area contributed by atoms with Crippen molar-refractivity contribution in [1.29, 1.82) is 0 Å². The molecule has 0 aliphatic carbocycles. The van der Waals surface area contributed by atoms with Gasteiger partial charge in [-0.25, -0.2) is 0 Å². The second-order valence-corrected chi connectivity index (χ2v) is 7.60. The molecular formula is C22H23Cl2N3O2. The first-order valence-electron chi connectivity index (χ1n) is 9.39. The van der Waals surface area contributed by atoms with E-state index in [0.717, 1.165) is 23.4 Å². The zero-order valence-corrected chi connectivity index (χ0v) is 18.1. The molecule has 1 aromatic heterocycles. The van der Waals surface area contributed by atoms with E-state index < -0.39 is 0 Å². The van der Waals surface area contributed by atoms with Crippen molar-refractivity contribution in [2.45, 2.75) is 40.0 Å².